The van der Waals surface area contributed by atoms with Gasteiger partial charge in [0.15, 0.2) is 5.17 Å². The fourth-order valence-electron chi connectivity index (χ4n) is 1.12. The Hall–Kier alpha value is -0.850. The van der Waals surface area contributed by atoms with Crippen LogP contribution >= 0.6 is 39.3 Å². The molecule has 0 saturated carbocycles. The molecular weight excluding hydrogens is 326 g/mol. The number of hydrogen-bond acceptors (Lipinski definition) is 4. The van der Waals surface area contributed by atoms with Crippen molar-refractivity contribution in [2.75, 3.05) is 5.75 Å². The first-order valence-corrected chi connectivity index (χ1v) is 6.79. The zero-order valence-corrected chi connectivity index (χ0v) is 11.6. The Bertz CT molecular complexity index is 518. The Morgan fingerprint density at radius 1 is 1.53 bits per heavy atom. The normalized spacial score (nSPS) is 18.0. The summed E-state index contributed by atoms with van der Waals surface area (Å²) in [5.41, 5.74) is 0.875. The lowest BCUT2D eigenvalue weighted by atomic mass is 10.2. The molecule has 0 atom stereocenters. The van der Waals surface area contributed by atoms with Gasteiger partial charge in [-0.15, -0.1) is 5.10 Å². The van der Waals surface area contributed by atoms with E-state index in [1.165, 1.54) is 11.8 Å². The molecule has 1 aliphatic rings. The average molecular weight is 333 g/mol. The highest BCUT2D eigenvalue weighted by Crippen LogP contribution is 2.22. The van der Waals surface area contributed by atoms with E-state index in [-0.39, 0.29) is 5.91 Å². The standard InChI is InChI=1S/C10H7BrClN3OS/c11-7-3-6(1-2-8(7)12)4-13-15-10-14-9(16)5-17-10/h1-4H,5H2,(H,14,15,16). The number of rotatable bonds is 2. The molecule has 1 aliphatic heterocycles. The van der Waals surface area contributed by atoms with Gasteiger partial charge in [-0.25, -0.2) is 0 Å². The van der Waals surface area contributed by atoms with E-state index < -0.39 is 0 Å². The van der Waals surface area contributed by atoms with E-state index >= 15 is 0 Å². The van der Waals surface area contributed by atoms with Gasteiger partial charge in [-0.2, -0.15) is 5.10 Å². The zero-order valence-electron chi connectivity index (χ0n) is 8.48. The number of amidine groups is 1. The quantitative estimate of drug-likeness (QED) is 0.668. The summed E-state index contributed by atoms with van der Waals surface area (Å²) in [7, 11) is 0. The number of hydrogen-bond donors (Lipinski definition) is 1. The molecule has 17 heavy (non-hydrogen) atoms. The molecule has 1 fully saturated rings. The van der Waals surface area contributed by atoms with Crippen molar-refractivity contribution in [1.82, 2.24) is 5.32 Å². The maximum Gasteiger partial charge on any atom is 0.236 e. The van der Waals surface area contributed by atoms with Gasteiger partial charge in [0.05, 0.1) is 17.0 Å². The van der Waals surface area contributed by atoms with Crippen molar-refractivity contribution >= 4 is 56.6 Å². The highest BCUT2D eigenvalue weighted by molar-refractivity contribution is 9.10. The summed E-state index contributed by atoms with van der Waals surface area (Å²) in [6, 6.07) is 5.44. The third-order valence-corrected chi connectivity index (χ3v) is 3.96. The van der Waals surface area contributed by atoms with Crippen molar-refractivity contribution in [3.05, 3.63) is 33.3 Å². The van der Waals surface area contributed by atoms with E-state index in [1.807, 2.05) is 12.1 Å². The zero-order chi connectivity index (χ0) is 12.3. The summed E-state index contributed by atoms with van der Waals surface area (Å²) in [5, 5.41) is 11.5. The second-order valence-corrected chi connectivity index (χ2v) is 5.39. The lowest BCUT2D eigenvalue weighted by Crippen LogP contribution is -2.19. The van der Waals surface area contributed by atoms with Crippen LogP contribution in [0, 0.1) is 0 Å². The number of carbonyl (C=O) groups is 1. The minimum absolute atomic E-state index is 0.0433. The molecule has 1 heterocycles. The summed E-state index contributed by atoms with van der Waals surface area (Å²) in [4.78, 5) is 10.9. The predicted octanol–water partition coefficient (Wildman–Crippen LogP) is 2.66. The Morgan fingerprint density at radius 3 is 3.00 bits per heavy atom. The molecule has 4 nitrogen and oxygen atoms in total. The van der Waals surface area contributed by atoms with Crippen LogP contribution < -0.4 is 5.32 Å². The lowest BCUT2D eigenvalue weighted by molar-refractivity contribution is -0.116. The fraction of sp³-hybridized carbons (Fsp3) is 0.100. The van der Waals surface area contributed by atoms with E-state index in [2.05, 4.69) is 31.4 Å². The Morgan fingerprint density at radius 2 is 2.35 bits per heavy atom. The second-order valence-electron chi connectivity index (χ2n) is 3.16. The van der Waals surface area contributed by atoms with E-state index in [4.69, 9.17) is 11.6 Å². The molecular formula is C10H7BrClN3OS. The van der Waals surface area contributed by atoms with Gasteiger partial charge >= 0.3 is 0 Å². The number of nitrogens with zero attached hydrogens (tertiary/aromatic N) is 2. The molecule has 0 bridgehead atoms. The molecule has 88 valence electrons. The first-order valence-electron chi connectivity index (χ1n) is 4.64. The molecule has 0 unspecified atom stereocenters. The monoisotopic (exact) mass is 331 g/mol. The predicted molar refractivity (Wildman–Crippen MR) is 74.8 cm³/mol. The van der Waals surface area contributed by atoms with Crippen molar-refractivity contribution in [2.45, 2.75) is 0 Å². The summed E-state index contributed by atoms with van der Waals surface area (Å²) < 4.78 is 0.805. The van der Waals surface area contributed by atoms with E-state index in [0.29, 0.717) is 15.9 Å². The van der Waals surface area contributed by atoms with Crippen LogP contribution in [-0.4, -0.2) is 23.0 Å². The molecule has 1 aromatic carbocycles. The van der Waals surface area contributed by atoms with Gasteiger partial charge in [-0.3, -0.25) is 4.79 Å². The van der Waals surface area contributed by atoms with Crippen LogP contribution in [0.15, 0.2) is 32.9 Å². The van der Waals surface area contributed by atoms with Crippen molar-refractivity contribution in [3.63, 3.8) is 0 Å². The molecule has 0 aliphatic carbocycles. The van der Waals surface area contributed by atoms with Crippen LogP contribution in [0.25, 0.3) is 0 Å². The fourth-order valence-corrected chi connectivity index (χ4v) is 2.26. The number of amides is 1. The third kappa shape index (κ3) is 3.55. The van der Waals surface area contributed by atoms with Crippen LogP contribution in [0.1, 0.15) is 5.56 Å². The number of carbonyl (C=O) groups excluding carboxylic acids is 1. The van der Waals surface area contributed by atoms with Gasteiger partial charge in [0, 0.05) is 4.47 Å². The first kappa shape index (κ1) is 12.6. The van der Waals surface area contributed by atoms with Crippen LogP contribution in [0.3, 0.4) is 0 Å². The summed E-state index contributed by atoms with van der Waals surface area (Å²) in [6.07, 6.45) is 1.60. The molecule has 7 heteroatoms. The van der Waals surface area contributed by atoms with Gasteiger partial charge in [0.1, 0.15) is 0 Å². The third-order valence-electron chi connectivity index (χ3n) is 1.89. The van der Waals surface area contributed by atoms with Crippen LogP contribution in [0.5, 0.6) is 0 Å². The molecule has 1 aromatic rings. The molecule has 0 aromatic heterocycles. The summed E-state index contributed by atoms with van der Waals surface area (Å²) in [5.74, 6) is 0.360. The van der Waals surface area contributed by atoms with Crippen LogP contribution in [0.4, 0.5) is 0 Å². The number of halogens is 2. The van der Waals surface area contributed by atoms with E-state index in [1.54, 1.807) is 12.3 Å². The second kappa shape index (κ2) is 5.66. The summed E-state index contributed by atoms with van der Waals surface area (Å²) >= 11 is 10.5. The Kier molecular flexibility index (Phi) is 4.20. The highest BCUT2D eigenvalue weighted by Gasteiger charge is 2.15. The largest absolute Gasteiger partial charge is 0.303 e. The van der Waals surface area contributed by atoms with E-state index in [9.17, 15) is 4.79 Å². The maximum absolute atomic E-state index is 10.9. The molecule has 1 N–H and O–H groups in total. The molecule has 1 saturated heterocycles. The highest BCUT2D eigenvalue weighted by atomic mass is 79.9. The SMILES string of the molecule is O=C1CSC(=NN=Cc2ccc(Cl)c(Br)c2)N1. The van der Waals surface area contributed by atoms with Crippen molar-refractivity contribution in [1.29, 1.82) is 0 Å². The van der Waals surface area contributed by atoms with Gasteiger partial charge in [0.2, 0.25) is 5.91 Å². The van der Waals surface area contributed by atoms with E-state index in [0.717, 1.165) is 10.0 Å². The minimum Gasteiger partial charge on any atom is -0.303 e. The number of thioether (sulfide) groups is 1. The smallest absolute Gasteiger partial charge is 0.236 e. The van der Waals surface area contributed by atoms with Gasteiger partial charge in [-0.1, -0.05) is 29.4 Å². The maximum atomic E-state index is 10.9. The number of benzene rings is 1. The van der Waals surface area contributed by atoms with Crippen LogP contribution in [-0.2, 0) is 4.79 Å². The summed E-state index contributed by atoms with van der Waals surface area (Å²) in [6.45, 7) is 0. The molecule has 1 amide bonds. The lowest BCUT2D eigenvalue weighted by Gasteiger charge is -1.96. The average Bonchev–Trinajstić information content (AvgIpc) is 2.70. The Balaban J connectivity index is 2.05. The minimum atomic E-state index is -0.0433. The van der Waals surface area contributed by atoms with Crippen LogP contribution in [0.2, 0.25) is 5.02 Å². The molecule has 0 spiro atoms. The number of nitrogens with one attached hydrogen (secondary N) is 1. The Labute approximate surface area is 116 Å². The first-order chi connectivity index (χ1) is 8.15. The van der Waals surface area contributed by atoms with Gasteiger partial charge in [-0.05, 0) is 33.6 Å². The van der Waals surface area contributed by atoms with Gasteiger partial charge < -0.3 is 5.32 Å². The van der Waals surface area contributed by atoms with Crippen molar-refractivity contribution < 1.29 is 4.79 Å². The topological polar surface area (TPSA) is 53.8 Å². The molecule has 0 radical (unpaired) electrons. The molecule has 2 rings (SSSR count). The van der Waals surface area contributed by atoms with Crippen molar-refractivity contribution in [3.8, 4) is 0 Å². The van der Waals surface area contributed by atoms with Gasteiger partial charge in [0.25, 0.3) is 0 Å². The van der Waals surface area contributed by atoms with Crippen molar-refractivity contribution in [2.24, 2.45) is 10.2 Å².